The zero-order valence-electron chi connectivity index (χ0n) is 36.1. The van der Waals surface area contributed by atoms with Gasteiger partial charge in [0.15, 0.2) is 0 Å². The molecule has 7 aliphatic rings. The molecule has 0 aliphatic carbocycles. The maximum absolute atomic E-state index is 14.3. The molecular formula is C43H74O9P8. The molecule has 0 aromatic heterocycles. The summed E-state index contributed by atoms with van der Waals surface area (Å²) in [4.78, 5) is 14.3. The summed E-state index contributed by atoms with van der Waals surface area (Å²) in [6.07, 6.45) is 10.5. The number of carbonyl (C=O) groups is 1. The fraction of sp³-hybridized carbons (Fsp3) is 0.837. The highest BCUT2D eigenvalue weighted by atomic mass is 32.4. The average Bonchev–Trinajstić information content (AvgIpc) is 3.81. The highest BCUT2D eigenvalue weighted by Crippen LogP contribution is 2.60. The molecule has 7 rings (SSSR count). The summed E-state index contributed by atoms with van der Waals surface area (Å²) in [5.41, 5.74) is 3.45. The lowest BCUT2D eigenvalue weighted by Crippen LogP contribution is -2.61. The molecule has 24 atom stereocenters. The smallest absolute Gasteiger partial charge is 0.135 e. The van der Waals surface area contributed by atoms with E-state index in [1.54, 1.807) is 0 Å². The second-order valence-corrected chi connectivity index (χ2v) is 32.8. The van der Waals surface area contributed by atoms with Gasteiger partial charge < -0.3 is 37.5 Å². The summed E-state index contributed by atoms with van der Waals surface area (Å²) >= 11 is 0. The Bertz CT molecular complexity index is 1510. The van der Waals surface area contributed by atoms with E-state index in [2.05, 4.69) is 85.2 Å². The van der Waals surface area contributed by atoms with E-state index in [0.29, 0.717) is 31.1 Å². The van der Waals surface area contributed by atoms with Crippen molar-refractivity contribution in [2.24, 2.45) is 23.7 Å². The van der Waals surface area contributed by atoms with Crippen LogP contribution in [0.5, 0.6) is 0 Å². The quantitative estimate of drug-likeness (QED) is 0.165. The highest BCUT2D eigenvalue weighted by Gasteiger charge is 2.59. The molecule has 340 valence electrons. The SMILES string of the molecule is C=C1CC[C@H]2CC(=C)C(CC[C@H]3C[C@@H](C)C(=C)C(C[C@@H]4O[C@H](C[C@H](C)CCPP)[C@H](C)C4CC(=O)CC4CC[C@@H]5O[C@@H]6[C@@H](O[C@H](C1)[C@@H]6OP(P)P)[C@@H](OP(P)P)[C@H]5O4)O3)O2. The minimum absolute atomic E-state index is 0.0326. The molecule has 7 saturated heterocycles. The molecule has 7 aliphatic heterocycles. The van der Waals surface area contributed by atoms with Crippen LogP contribution in [-0.4, -0.2) is 97.4 Å². The average molecular weight is 983 g/mol. The molecular weight excluding hydrogens is 908 g/mol. The van der Waals surface area contributed by atoms with Crippen molar-refractivity contribution < 1.29 is 42.3 Å². The largest absolute Gasteiger partial charge is 0.374 e. The van der Waals surface area contributed by atoms with Gasteiger partial charge in [-0.25, -0.2) is 0 Å². The maximum atomic E-state index is 14.3. The standard InChI is InChI=1S/C43H74O9P8/c1-22-7-8-29-18-25(4)33(45-29)11-9-30-17-24(3)26(5)36(46-30)21-37-32(27(6)35(48-37)15-23(2)13-14-58-53)20-28(44)19-31-10-12-34-39(47-31)43(52-60(56)57)42-41(49-34)40(51-59(54)55)38(16-22)50-42/h23-24,27,29-43,58H,1,4-5,7-21,53-57H2,2-3,6H3/t23-,24-,27-,29+,30+,31?,32?,33?,34+,35-,36?,37+,38-,39+,40+,41+,42-,43+/m1/s1. The maximum Gasteiger partial charge on any atom is 0.135 e. The molecule has 60 heavy (non-hydrogen) atoms. The third-order valence-corrected chi connectivity index (χ3v) is 18.4. The third-order valence-electron chi connectivity index (χ3n) is 14.6. The van der Waals surface area contributed by atoms with Gasteiger partial charge in [-0.15, -0.1) is 17.2 Å². The van der Waals surface area contributed by atoms with E-state index in [-0.39, 0.29) is 103 Å². The number of hydrogen-bond donors (Lipinski definition) is 0. The van der Waals surface area contributed by atoms with E-state index in [9.17, 15) is 4.79 Å². The Labute approximate surface area is 376 Å². The highest BCUT2D eigenvalue weighted by molar-refractivity contribution is 8.41. The summed E-state index contributed by atoms with van der Waals surface area (Å²) in [6, 6.07) is 0. The molecule has 0 saturated carbocycles. The molecule has 7 heterocycles. The lowest BCUT2D eigenvalue weighted by Gasteiger charge is -2.48. The van der Waals surface area contributed by atoms with Crippen LogP contribution in [0.1, 0.15) is 111 Å². The van der Waals surface area contributed by atoms with Gasteiger partial charge in [-0.05, 0) is 112 Å². The van der Waals surface area contributed by atoms with Crippen LogP contribution in [0.15, 0.2) is 36.5 Å². The fourth-order valence-electron chi connectivity index (χ4n) is 11.2. The molecule has 7 fully saturated rings. The molecule has 0 amide bonds. The number of rotatable bonds is 9. The van der Waals surface area contributed by atoms with Crippen molar-refractivity contribution in [3.63, 3.8) is 0 Å². The molecule has 0 aromatic carbocycles. The van der Waals surface area contributed by atoms with Crippen molar-refractivity contribution in [3.05, 3.63) is 36.5 Å². The van der Waals surface area contributed by atoms with E-state index in [0.717, 1.165) is 83.6 Å². The Balaban J connectivity index is 1.14. The van der Waals surface area contributed by atoms with Crippen molar-refractivity contribution >= 4 is 73.7 Å². The summed E-state index contributed by atoms with van der Waals surface area (Å²) < 4.78 is 54.8. The zero-order chi connectivity index (χ0) is 42.8. The summed E-state index contributed by atoms with van der Waals surface area (Å²) in [5.74, 6) is 1.51. The van der Waals surface area contributed by atoms with Crippen LogP contribution < -0.4 is 0 Å². The van der Waals surface area contributed by atoms with Gasteiger partial charge in [0.2, 0.25) is 0 Å². The lowest BCUT2D eigenvalue weighted by molar-refractivity contribution is -0.251. The summed E-state index contributed by atoms with van der Waals surface area (Å²) in [6.45, 7) is 20.5. The minimum Gasteiger partial charge on any atom is -0.374 e. The van der Waals surface area contributed by atoms with Crippen LogP contribution in [0.2, 0.25) is 0 Å². The minimum atomic E-state index is -0.901. The first-order chi connectivity index (χ1) is 28.7. The number of carbonyl (C=O) groups excluding carboxylic acids is 1. The Kier molecular flexibility index (Phi) is 19.0. The Morgan fingerprint density at radius 3 is 2.17 bits per heavy atom. The predicted molar refractivity (Wildman–Crippen MR) is 265 cm³/mol. The van der Waals surface area contributed by atoms with Crippen LogP contribution >= 0.6 is 68.0 Å². The van der Waals surface area contributed by atoms with Crippen molar-refractivity contribution in [1.82, 2.24) is 0 Å². The van der Waals surface area contributed by atoms with E-state index < -0.39 is 15.1 Å². The van der Waals surface area contributed by atoms with Crippen molar-refractivity contribution in [2.45, 2.75) is 196 Å². The van der Waals surface area contributed by atoms with Crippen LogP contribution in [-0.2, 0) is 42.3 Å². The van der Waals surface area contributed by atoms with Crippen LogP contribution in [0, 0.1) is 23.7 Å². The molecule has 0 N–H and O–H groups in total. The first-order valence-electron chi connectivity index (χ1n) is 22.5. The van der Waals surface area contributed by atoms with Gasteiger partial charge in [0.25, 0.3) is 0 Å². The summed E-state index contributed by atoms with van der Waals surface area (Å²) in [7, 11) is 13.2. The number of fused-ring (bicyclic) bond motifs is 7. The second-order valence-electron chi connectivity index (χ2n) is 19.1. The molecule has 10 unspecified atom stereocenters. The van der Waals surface area contributed by atoms with Gasteiger partial charge in [0.05, 0.1) is 70.0 Å². The fourth-order valence-corrected chi connectivity index (χ4v) is 15.1. The molecule has 0 radical (unpaired) electrons. The molecule has 9 nitrogen and oxygen atoms in total. The monoisotopic (exact) mass is 982 g/mol. The molecule has 17 heteroatoms. The van der Waals surface area contributed by atoms with Crippen LogP contribution in [0.25, 0.3) is 0 Å². The van der Waals surface area contributed by atoms with E-state index in [4.69, 9.17) is 37.5 Å². The Morgan fingerprint density at radius 1 is 0.733 bits per heavy atom. The lowest BCUT2D eigenvalue weighted by atomic mass is 9.78. The van der Waals surface area contributed by atoms with Gasteiger partial charge in [0, 0.05) is 19.3 Å². The third kappa shape index (κ3) is 12.6. The summed E-state index contributed by atoms with van der Waals surface area (Å²) in [5, 5.41) is 0. The van der Waals surface area contributed by atoms with E-state index in [1.165, 1.54) is 18.2 Å². The number of hydrogen-bond acceptors (Lipinski definition) is 9. The van der Waals surface area contributed by atoms with Gasteiger partial charge in [-0.2, -0.15) is 0 Å². The van der Waals surface area contributed by atoms with Crippen molar-refractivity contribution in [2.75, 3.05) is 6.16 Å². The van der Waals surface area contributed by atoms with Crippen molar-refractivity contribution in [1.29, 1.82) is 0 Å². The Morgan fingerprint density at radius 2 is 1.42 bits per heavy atom. The Hall–Kier alpha value is 2.01. The molecule has 0 aromatic rings. The zero-order valence-corrected chi connectivity index (χ0v) is 44.6. The van der Waals surface area contributed by atoms with E-state index in [1.807, 2.05) is 0 Å². The number of Topliss-reactive ketones (excluding diaryl/α,β-unsaturated/α-hetero) is 1. The molecule has 0 spiro atoms. The van der Waals surface area contributed by atoms with Gasteiger partial charge in [0.1, 0.15) is 36.3 Å². The number of ketones is 1. The normalized spacial score (nSPS) is 43.9. The van der Waals surface area contributed by atoms with Crippen molar-refractivity contribution in [3.8, 4) is 0 Å². The predicted octanol–water partition coefficient (Wildman–Crippen LogP) is 11.0. The topological polar surface area (TPSA) is 90.9 Å². The van der Waals surface area contributed by atoms with E-state index >= 15 is 0 Å². The first-order valence-corrected chi connectivity index (χ1v) is 34.5. The molecule has 8 bridgehead atoms. The van der Waals surface area contributed by atoms with Crippen LogP contribution in [0.3, 0.4) is 0 Å². The number of ether oxygens (including phenoxy) is 6. The second kappa shape index (κ2) is 22.9. The van der Waals surface area contributed by atoms with Gasteiger partial charge in [-0.3, -0.25) is 4.79 Å². The van der Waals surface area contributed by atoms with Crippen LogP contribution in [0.4, 0.5) is 0 Å². The van der Waals surface area contributed by atoms with Gasteiger partial charge in [-0.1, -0.05) is 81.8 Å². The first kappa shape index (κ1) is 49.9. The van der Waals surface area contributed by atoms with Gasteiger partial charge >= 0.3 is 0 Å².